The van der Waals surface area contributed by atoms with Gasteiger partial charge in [-0.25, -0.2) is 0 Å². The van der Waals surface area contributed by atoms with Crippen LogP contribution in [0, 0.1) is 0 Å². The number of rotatable bonds is 6. The number of ketones is 2. The molecule has 0 aromatic rings. The lowest BCUT2D eigenvalue weighted by Crippen LogP contribution is -2.42. The second kappa shape index (κ2) is 8.35. The van der Waals surface area contributed by atoms with Crippen LogP contribution in [0.15, 0.2) is 34.2 Å². The first-order valence-electron chi connectivity index (χ1n) is 8.28. The van der Waals surface area contributed by atoms with Crippen molar-refractivity contribution in [1.82, 2.24) is 9.80 Å². The van der Waals surface area contributed by atoms with Crippen molar-refractivity contribution in [3.05, 3.63) is 34.2 Å². The van der Waals surface area contributed by atoms with E-state index in [1.165, 1.54) is 21.1 Å². The van der Waals surface area contributed by atoms with Crippen molar-refractivity contribution in [2.24, 2.45) is 0 Å². The molecule has 1 fully saturated rings. The van der Waals surface area contributed by atoms with E-state index in [4.69, 9.17) is 25.8 Å². The number of hydrogen-bond acceptors (Lipinski definition) is 7. The molecule has 8 heteroatoms. The highest BCUT2D eigenvalue weighted by molar-refractivity contribution is 6.47. The molecule has 0 N–H and O–H groups in total. The SMILES string of the molecule is COC1(OC)C(N(C)C)=C(Cl)C(=O)/C1=C(/C=C/N1CCOCC1)C(C)=O. The smallest absolute Gasteiger partial charge is 0.243 e. The van der Waals surface area contributed by atoms with Crippen molar-refractivity contribution < 1.29 is 23.8 Å². The number of carbonyl (C=O) groups is 2. The van der Waals surface area contributed by atoms with Crippen LogP contribution in [0.25, 0.3) is 0 Å². The zero-order valence-corrected chi connectivity index (χ0v) is 16.6. The van der Waals surface area contributed by atoms with E-state index in [-0.39, 0.29) is 22.0 Å². The van der Waals surface area contributed by atoms with Gasteiger partial charge >= 0.3 is 0 Å². The Balaban J connectivity index is 2.59. The standard InChI is InChI=1S/C18H25ClN2O5/c1-12(22)13(6-7-21-8-10-26-11-9-21)14-16(23)15(19)17(20(2)3)18(14,24-4)25-5/h6-7H,8-11H2,1-5H3/b7-6+,14-13+. The Kier molecular flexibility index (Phi) is 6.63. The van der Waals surface area contributed by atoms with Crippen LogP contribution in [0.2, 0.25) is 0 Å². The quantitative estimate of drug-likeness (QED) is 0.505. The summed E-state index contributed by atoms with van der Waals surface area (Å²) in [5.41, 5.74) is 0.663. The maximum absolute atomic E-state index is 12.9. The van der Waals surface area contributed by atoms with Gasteiger partial charge in [-0.05, 0) is 19.2 Å². The second-order valence-electron chi connectivity index (χ2n) is 6.22. The predicted molar refractivity (Wildman–Crippen MR) is 97.6 cm³/mol. The van der Waals surface area contributed by atoms with Crippen LogP contribution in [-0.4, -0.2) is 81.8 Å². The molecule has 0 spiro atoms. The molecular formula is C18H25ClN2O5. The number of morpholine rings is 1. The van der Waals surface area contributed by atoms with Crippen LogP contribution < -0.4 is 0 Å². The van der Waals surface area contributed by atoms with E-state index >= 15 is 0 Å². The number of Topliss-reactive ketones (excluding diaryl/α,β-unsaturated/α-hetero) is 2. The molecule has 0 atom stereocenters. The van der Waals surface area contributed by atoms with E-state index in [9.17, 15) is 9.59 Å². The fraction of sp³-hybridized carbons (Fsp3) is 0.556. The van der Waals surface area contributed by atoms with E-state index < -0.39 is 11.6 Å². The summed E-state index contributed by atoms with van der Waals surface area (Å²) in [5, 5.41) is -0.0211. The van der Waals surface area contributed by atoms with E-state index in [0.29, 0.717) is 32.0 Å². The molecule has 0 unspecified atom stereocenters. The first-order chi connectivity index (χ1) is 12.3. The Bertz CT molecular complexity index is 671. The van der Waals surface area contributed by atoms with Gasteiger partial charge in [0.1, 0.15) is 10.7 Å². The van der Waals surface area contributed by atoms with Crippen LogP contribution in [-0.2, 0) is 23.8 Å². The topological polar surface area (TPSA) is 68.3 Å². The van der Waals surface area contributed by atoms with Gasteiger partial charge < -0.3 is 24.0 Å². The van der Waals surface area contributed by atoms with Crippen LogP contribution in [0.4, 0.5) is 0 Å². The number of hydrogen-bond donors (Lipinski definition) is 0. The number of nitrogens with zero attached hydrogens (tertiary/aromatic N) is 2. The average Bonchev–Trinajstić information content (AvgIpc) is 2.84. The normalized spacial score (nSPS) is 22.4. The van der Waals surface area contributed by atoms with Gasteiger partial charge in [0.25, 0.3) is 0 Å². The zero-order valence-electron chi connectivity index (χ0n) is 15.8. The number of halogens is 1. The number of ether oxygens (including phenoxy) is 3. The van der Waals surface area contributed by atoms with Crippen molar-refractivity contribution in [1.29, 1.82) is 0 Å². The molecular weight excluding hydrogens is 360 g/mol. The molecule has 1 aliphatic carbocycles. The Hall–Kier alpha value is -1.67. The Morgan fingerprint density at radius 3 is 2.31 bits per heavy atom. The maximum Gasteiger partial charge on any atom is 0.243 e. The Morgan fingerprint density at radius 1 is 1.27 bits per heavy atom. The van der Waals surface area contributed by atoms with Gasteiger partial charge in [0.05, 0.1) is 18.8 Å². The lowest BCUT2D eigenvalue weighted by molar-refractivity contribution is -0.160. The zero-order chi connectivity index (χ0) is 19.5. The molecule has 1 saturated heterocycles. The van der Waals surface area contributed by atoms with Crippen molar-refractivity contribution in [3.8, 4) is 0 Å². The fourth-order valence-electron chi connectivity index (χ4n) is 3.18. The summed E-state index contributed by atoms with van der Waals surface area (Å²) in [6.07, 6.45) is 3.41. The highest BCUT2D eigenvalue weighted by Crippen LogP contribution is 2.45. The summed E-state index contributed by atoms with van der Waals surface area (Å²) in [6, 6.07) is 0. The van der Waals surface area contributed by atoms with Crippen molar-refractivity contribution >= 4 is 23.2 Å². The molecule has 0 amide bonds. The van der Waals surface area contributed by atoms with Gasteiger partial charge in [-0.15, -0.1) is 0 Å². The highest BCUT2D eigenvalue weighted by Gasteiger charge is 2.54. The van der Waals surface area contributed by atoms with Crippen LogP contribution in [0.1, 0.15) is 6.92 Å². The molecule has 26 heavy (non-hydrogen) atoms. The van der Waals surface area contributed by atoms with Crippen LogP contribution in [0.3, 0.4) is 0 Å². The van der Waals surface area contributed by atoms with Gasteiger partial charge in [-0.3, -0.25) is 9.59 Å². The van der Waals surface area contributed by atoms with E-state index in [2.05, 4.69) is 0 Å². The van der Waals surface area contributed by atoms with Crippen LogP contribution >= 0.6 is 11.6 Å². The van der Waals surface area contributed by atoms with Gasteiger partial charge in [-0.2, -0.15) is 0 Å². The van der Waals surface area contributed by atoms with Gasteiger partial charge in [0.2, 0.25) is 11.6 Å². The second-order valence-corrected chi connectivity index (χ2v) is 6.60. The molecule has 0 aromatic heterocycles. The number of carbonyl (C=O) groups excluding carboxylic acids is 2. The molecule has 1 heterocycles. The lowest BCUT2D eigenvalue weighted by Gasteiger charge is -2.34. The first kappa shape index (κ1) is 20.6. The van der Waals surface area contributed by atoms with Gasteiger partial charge in [-0.1, -0.05) is 11.6 Å². The molecule has 144 valence electrons. The van der Waals surface area contributed by atoms with Crippen molar-refractivity contribution in [3.63, 3.8) is 0 Å². The predicted octanol–water partition coefficient (Wildman–Crippen LogP) is 1.30. The van der Waals surface area contributed by atoms with Crippen LogP contribution in [0.5, 0.6) is 0 Å². The third kappa shape index (κ3) is 3.57. The highest BCUT2D eigenvalue weighted by atomic mass is 35.5. The summed E-state index contributed by atoms with van der Waals surface area (Å²) >= 11 is 6.29. The fourth-order valence-corrected chi connectivity index (χ4v) is 3.57. The molecule has 0 aromatic carbocycles. The lowest BCUT2D eigenvalue weighted by atomic mass is 9.96. The molecule has 7 nitrogen and oxygen atoms in total. The summed E-state index contributed by atoms with van der Waals surface area (Å²) in [5.74, 6) is -2.29. The van der Waals surface area contributed by atoms with Gasteiger partial charge in [0.15, 0.2) is 5.78 Å². The maximum atomic E-state index is 12.9. The summed E-state index contributed by atoms with van der Waals surface area (Å²) < 4.78 is 16.5. The molecule has 2 aliphatic rings. The molecule has 0 radical (unpaired) electrons. The van der Waals surface area contributed by atoms with E-state index in [1.807, 2.05) is 4.90 Å². The average molecular weight is 385 g/mol. The monoisotopic (exact) mass is 384 g/mol. The van der Waals surface area contributed by atoms with E-state index in [0.717, 1.165) is 0 Å². The van der Waals surface area contributed by atoms with E-state index in [1.54, 1.807) is 31.3 Å². The molecule has 1 aliphatic heterocycles. The third-order valence-corrected chi connectivity index (χ3v) is 4.79. The molecule has 0 saturated carbocycles. The van der Waals surface area contributed by atoms with Gasteiger partial charge in [0, 0.05) is 47.0 Å². The minimum Gasteiger partial charge on any atom is -0.378 e. The minimum absolute atomic E-state index is 0.0211. The largest absolute Gasteiger partial charge is 0.378 e. The Morgan fingerprint density at radius 2 is 1.85 bits per heavy atom. The first-order valence-corrected chi connectivity index (χ1v) is 8.66. The number of allylic oxidation sites excluding steroid dienone is 3. The minimum atomic E-state index is -1.53. The van der Waals surface area contributed by atoms with Crippen molar-refractivity contribution in [2.75, 3.05) is 54.6 Å². The third-order valence-electron chi connectivity index (χ3n) is 4.44. The summed E-state index contributed by atoms with van der Waals surface area (Å²) in [4.78, 5) is 28.9. The Labute approximate surface area is 158 Å². The molecule has 0 bridgehead atoms. The number of methoxy groups -OCH3 is 2. The van der Waals surface area contributed by atoms with Crippen molar-refractivity contribution in [2.45, 2.75) is 12.7 Å². The summed E-state index contributed by atoms with van der Waals surface area (Å²) in [7, 11) is 6.30. The number of likely N-dealkylation sites (N-methyl/N-ethyl adjacent to an activating group) is 1. The molecule has 2 rings (SSSR count). The summed E-state index contributed by atoms with van der Waals surface area (Å²) in [6.45, 7) is 4.07.